The van der Waals surface area contributed by atoms with E-state index < -0.39 is 0 Å². The Hall–Kier alpha value is -1.11. The number of oxime groups is 1. The molecule has 0 aliphatic carbocycles. The van der Waals surface area contributed by atoms with E-state index in [0.717, 1.165) is 37.2 Å². The molecule has 1 aromatic rings. The van der Waals surface area contributed by atoms with Crippen molar-refractivity contribution in [3.63, 3.8) is 0 Å². The number of piperazine rings is 1. The average Bonchev–Trinajstić information content (AvgIpc) is 2.43. The molecule has 0 aromatic heterocycles. The number of halogens is 1. The first-order valence-corrected chi connectivity index (χ1v) is 7.12. The third kappa shape index (κ3) is 4.49. The summed E-state index contributed by atoms with van der Waals surface area (Å²) in [4.78, 5) is 4.62. The lowest BCUT2D eigenvalue weighted by Gasteiger charge is -2.34. The Balaban J connectivity index is 1.78. The van der Waals surface area contributed by atoms with Gasteiger partial charge in [-0.3, -0.25) is 9.80 Å². The molecule has 0 amide bonds. The zero-order valence-electron chi connectivity index (χ0n) is 10.8. The monoisotopic (exact) mass is 326 g/mol. The molecule has 1 aliphatic rings. The number of benzene rings is 1. The average molecular weight is 327 g/mol. The molecule has 0 radical (unpaired) electrons. The number of rotatable bonds is 4. The summed E-state index contributed by atoms with van der Waals surface area (Å²) in [6.45, 7) is 5.44. The molecule has 1 fully saturated rings. The fourth-order valence-electron chi connectivity index (χ4n) is 2.21. The highest BCUT2D eigenvalue weighted by molar-refractivity contribution is 9.10. The first kappa shape index (κ1) is 14.3. The highest BCUT2D eigenvalue weighted by Gasteiger charge is 2.17. The predicted octanol–water partition coefficient (Wildman–Crippen LogP) is 1.31. The summed E-state index contributed by atoms with van der Waals surface area (Å²) in [5, 5.41) is 11.6. The summed E-state index contributed by atoms with van der Waals surface area (Å²) >= 11 is 3.44. The standard InChI is InChI=1S/C13H19BrN4O/c14-12-3-1-11(2-4-12)9-17-5-7-18(8-6-17)10-13(15)16-19/h1-4,19H,5-10H2,(H2,15,16). The molecular weight excluding hydrogens is 308 g/mol. The van der Waals surface area contributed by atoms with Crippen molar-refractivity contribution in [2.24, 2.45) is 10.9 Å². The normalized spacial score (nSPS) is 18.7. The van der Waals surface area contributed by atoms with E-state index in [0.29, 0.717) is 6.54 Å². The van der Waals surface area contributed by atoms with Crippen LogP contribution in [0.25, 0.3) is 0 Å². The Morgan fingerprint density at radius 2 is 1.74 bits per heavy atom. The maximum absolute atomic E-state index is 8.56. The van der Waals surface area contributed by atoms with Gasteiger partial charge in [-0.25, -0.2) is 0 Å². The second-order valence-corrected chi connectivity index (χ2v) is 5.69. The van der Waals surface area contributed by atoms with Crippen molar-refractivity contribution in [1.82, 2.24) is 9.80 Å². The fraction of sp³-hybridized carbons (Fsp3) is 0.462. The summed E-state index contributed by atoms with van der Waals surface area (Å²) in [7, 11) is 0. The molecule has 6 heteroatoms. The quantitative estimate of drug-likeness (QED) is 0.379. The number of nitrogens with zero attached hydrogens (tertiary/aromatic N) is 3. The van der Waals surface area contributed by atoms with Gasteiger partial charge in [-0.1, -0.05) is 33.2 Å². The zero-order chi connectivity index (χ0) is 13.7. The molecule has 1 saturated heterocycles. The largest absolute Gasteiger partial charge is 0.409 e. The van der Waals surface area contributed by atoms with Gasteiger partial charge in [-0.15, -0.1) is 0 Å². The highest BCUT2D eigenvalue weighted by Crippen LogP contribution is 2.13. The van der Waals surface area contributed by atoms with E-state index >= 15 is 0 Å². The molecule has 0 unspecified atom stereocenters. The Morgan fingerprint density at radius 3 is 2.32 bits per heavy atom. The van der Waals surface area contributed by atoms with Crippen LogP contribution < -0.4 is 5.73 Å². The summed E-state index contributed by atoms with van der Waals surface area (Å²) in [5.74, 6) is 0.279. The van der Waals surface area contributed by atoms with Crippen molar-refractivity contribution in [1.29, 1.82) is 0 Å². The van der Waals surface area contributed by atoms with Crippen LogP contribution in [0.4, 0.5) is 0 Å². The minimum atomic E-state index is 0.279. The second-order valence-electron chi connectivity index (χ2n) is 4.77. The van der Waals surface area contributed by atoms with Gasteiger partial charge in [-0.2, -0.15) is 0 Å². The smallest absolute Gasteiger partial charge is 0.153 e. The fourth-order valence-corrected chi connectivity index (χ4v) is 2.48. The number of nitrogens with two attached hydrogens (primary N) is 1. The molecule has 104 valence electrons. The van der Waals surface area contributed by atoms with Gasteiger partial charge in [0.2, 0.25) is 0 Å². The molecule has 5 nitrogen and oxygen atoms in total. The maximum Gasteiger partial charge on any atom is 0.153 e. The molecule has 19 heavy (non-hydrogen) atoms. The molecule has 0 bridgehead atoms. The number of amidine groups is 1. The van der Waals surface area contributed by atoms with Crippen molar-refractivity contribution in [2.75, 3.05) is 32.7 Å². The lowest BCUT2D eigenvalue weighted by Crippen LogP contribution is -2.48. The summed E-state index contributed by atoms with van der Waals surface area (Å²) in [5.41, 5.74) is 6.84. The third-order valence-electron chi connectivity index (χ3n) is 3.30. The summed E-state index contributed by atoms with van der Waals surface area (Å²) < 4.78 is 1.11. The van der Waals surface area contributed by atoms with E-state index in [1.54, 1.807) is 0 Å². The zero-order valence-corrected chi connectivity index (χ0v) is 12.4. The molecule has 0 spiro atoms. The molecule has 2 rings (SSSR count). The van der Waals surface area contributed by atoms with Crippen LogP contribution in [-0.4, -0.2) is 53.6 Å². The molecule has 1 aliphatic heterocycles. The van der Waals surface area contributed by atoms with Gasteiger partial charge in [0, 0.05) is 37.2 Å². The van der Waals surface area contributed by atoms with Gasteiger partial charge < -0.3 is 10.9 Å². The van der Waals surface area contributed by atoms with E-state index in [4.69, 9.17) is 10.9 Å². The van der Waals surface area contributed by atoms with E-state index in [9.17, 15) is 0 Å². The van der Waals surface area contributed by atoms with Crippen LogP contribution in [0, 0.1) is 0 Å². The van der Waals surface area contributed by atoms with Crippen LogP contribution in [0.15, 0.2) is 33.9 Å². The van der Waals surface area contributed by atoms with E-state index in [2.05, 4.69) is 55.2 Å². The highest BCUT2D eigenvalue weighted by atomic mass is 79.9. The Bertz CT molecular complexity index is 427. The van der Waals surface area contributed by atoms with Gasteiger partial charge in [0.15, 0.2) is 5.84 Å². The van der Waals surface area contributed by atoms with Crippen LogP contribution >= 0.6 is 15.9 Å². The second kappa shape index (κ2) is 6.88. The van der Waals surface area contributed by atoms with Crippen LogP contribution in [0.3, 0.4) is 0 Å². The van der Waals surface area contributed by atoms with E-state index in [-0.39, 0.29) is 5.84 Å². The summed E-state index contributed by atoms with van der Waals surface area (Å²) in [6.07, 6.45) is 0. The van der Waals surface area contributed by atoms with Gasteiger partial charge >= 0.3 is 0 Å². The molecular formula is C13H19BrN4O. The van der Waals surface area contributed by atoms with Crippen molar-refractivity contribution in [3.05, 3.63) is 34.3 Å². The van der Waals surface area contributed by atoms with E-state index in [1.165, 1.54) is 5.56 Å². The third-order valence-corrected chi connectivity index (χ3v) is 3.83. The molecule has 0 saturated carbocycles. The molecule has 0 atom stereocenters. The minimum absolute atomic E-state index is 0.279. The van der Waals surface area contributed by atoms with Crippen molar-refractivity contribution < 1.29 is 5.21 Å². The van der Waals surface area contributed by atoms with Gasteiger partial charge in [0.1, 0.15) is 0 Å². The summed E-state index contributed by atoms with van der Waals surface area (Å²) in [6, 6.07) is 8.44. The van der Waals surface area contributed by atoms with Crippen LogP contribution in [-0.2, 0) is 6.54 Å². The van der Waals surface area contributed by atoms with E-state index in [1.807, 2.05) is 0 Å². The van der Waals surface area contributed by atoms with Gasteiger partial charge in [0.05, 0.1) is 6.54 Å². The molecule has 1 aromatic carbocycles. The number of hydrogen-bond donors (Lipinski definition) is 2. The van der Waals surface area contributed by atoms with Gasteiger partial charge in [0.25, 0.3) is 0 Å². The van der Waals surface area contributed by atoms with Crippen molar-refractivity contribution in [2.45, 2.75) is 6.54 Å². The van der Waals surface area contributed by atoms with Crippen LogP contribution in [0.5, 0.6) is 0 Å². The topological polar surface area (TPSA) is 65.1 Å². The van der Waals surface area contributed by atoms with Crippen LogP contribution in [0.1, 0.15) is 5.56 Å². The van der Waals surface area contributed by atoms with Crippen molar-refractivity contribution in [3.8, 4) is 0 Å². The van der Waals surface area contributed by atoms with Crippen LogP contribution in [0.2, 0.25) is 0 Å². The molecule has 1 heterocycles. The lowest BCUT2D eigenvalue weighted by molar-refractivity contribution is 0.139. The van der Waals surface area contributed by atoms with Crippen molar-refractivity contribution >= 4 is 21.8 Å². The lowest BCUT2D eigenvalue weighted by atomic mass is 10.2. The first-order valence-electron chi connectivity index (χ1n) is 6.33. The Kier molecular flexibility index (Phi) is 5.18. The first-order chi connectivity index (χ1) is 9.17. The minimum Gasteiger partial charge on any atom is -0.409 e. The number of hydrogen-bond acceptors (Lipinski definition) is 4. The molecule has 3 N–H and O–H groups in total. The Labute approximate surface area is 121 Å². The maximum atomic E-state index is 8.56. The van der Waals surface area contributed by atoms with Gasteiger partial charge in [-0.05, 0) is 17.7 Å². The Morgan fingerprint density at radius 1 is 1.16 bits per heavy atom. The SMILES string of the molecule is NC(CN1CCN(Cc2ccc(Br)cc2)CC1)=NO. The predicted molar refractivity (Wildman–Crippen MR) is 79.3 cm³/mol.